The molecule has 0 fully saturated rings. The molecule has 1 unspecified atom stereocenters. The summed E-state index contributed by atoms with van der Waals surface area (Å²) < 4.78 is 1.11. The van der Waals surface area contributed by atoms with E-state index in [2.05, 4.69) is 48.5 Å². The molecule has 6 nitrogen and oxygen atoms in total. The van der Waals surface area contributed by atoms with E-state index in [0.29, 0.717) is 10.9 Å². The van der Waals surface area contributed by atoms with Crippen LogP contribution in [-0.4, -0.2) is 20.9 Å². The molecule has 1 amide bonds. The molecule has 27 heavy (non-hydrogen) atoms. The lowest BCUT2D eigenvalue weighted by Gasteiger charge is -2.23. The van der Waals surface area contributed by atoms with Gasteiger partial charge in [-0.1, -0.05) is 62.4 Å². The number of nitrogens with one attached hydrogen (secondary N) is 1. The smallest absolute Gasteiger partial charge is 0.278 e. The minimum absolute atomic E-state index is 0.132. The SMILES string of the molecule is CCc1ccc(C(NC(=O)Cn2nnc3ccccc3c2=O)C(C)C)cc1. The fourth-order valence-corrected chi connectivity index (χ4v) is 3.08. The molecule has 3 aromatic rings. The van der Waals surface area contributed by atoms with E-state index < -0.39 is 0 Å². The summed E-state index contributed by atoms with van der Waals surface area (Å²) in [5.41, 5.74) is 2.51. The van der Waals surface area contributed by atoms with Gasteiger partial charge in [0.05, 0.1) is 11.4 Å². The van der Waals surface area contributed by atoms with Gasteiger partial charge in [-0.05, 0) is 35.6 Å². The summed E-state index contributed by atoms with van der Waals surface area (Å²) in [4.78, 5) is 25.1. The van der Waals surface area contributed by atoms with Gasteiger partial charge in [-0.25, -0.2) is 4.68 Å². The van der Waals surface area contributed by atoms with E-state index in [1.54, 1.807) is 24.3 Å². The highest BCUT2D eigenvalue weighted by atomic mass is 16.2. The fourth-order valence-electron chi connectivity index (χ4n) is 3.08. The van der Waals surface area contributed by atoms with Gasteiger partial charge in [0.25, 0.3) is 5.56 Å². The highest BCUT2D eigenvalue weighted by Crippen LogP contribution is 2.22. The maximum absolute atomic E-state index is 12.6. The lowest BCUT2D eigenvalue weighted by atomic mass is 9.95. The number of hydrogen-bond donors (Lipinski definition) is 1. The van der Waals surface area contributed by atoms with Crippen molar-refractivity contribution in [2.45, 2.75) is 39.8 Å². The Morgan fingerprint density at radius 1 is 1.11 bits per heavy atom. The van der Waals surface area contributed by atoms with Crippen LogP contribution in [0.4, 0.5) is 0 Å². The molecule has 0 saturated heterocycles. The van der Waals surface area contributed by atoms with E-state index in [9.17, 15) is 9.59 Å². The Hall–Kier alpha value is -3.02. The zero-order chi connectivity index (χ0) is 19.4. The maximum Gasteiger partial charge on any atom is 0.278 e. The number of carbonyl (C=O) groups is 1. The minimum Gasteiger partial charge on any atom is -0.347 e. The molecule has 1 N–H and O–H groups in total. The average Bonchev–Trinajstić information content (AvgIpc) is 2.68. The molecule has 0 radical (unpaired) electrons. The molecule has 6 heteroatoms. The topological polar surface area (TPSA) is 76.9 Å². The van der Waals surface area contributed by atoms with Gasteiger partial charge in [0.1, 0.15) is 12.1 Å². The second-order valence-corrected chi connectivity index (χ2v) is 6.95. The van der Waals surface area contributed by atoms with Crippen LogP contribution in [0.3, 0.4) is 0 Å². The number of nitrogens with zero attached hydrogens (tertiary/aromatic N) is 3. The van der Waals surface area contributed by atoms with Crippen molar-refractivity contribution in [3.05, 3.63) is 70.0 Å². The number of aromatic nitrogens is 3. The normalized spacial score (nSPS) is 12.3. The van der Waals surface area contributed by atoms with Crippen LogP contribution in [0.5, 0.6) is 0 Å². The Morgan fingerprint density at radius 3 is 2.48 bits per heavy atom. The second kappa shape index (κ2) is 8.12. The molecule has 1 heterocycles. The van der Waals surface area contributed by atoms with E-state index in [0.717, 1.165) is 16.7 Å². The van der Waals surface area contributed by atoms with Crippen molar-refractivity contribution in [2.24, 2.45) is 5.92 Å². The molecular formula is C21H24N4O2. The van der Waals surface area contributed by atoms with Gasteiger partial charge in [0, 0.05) is 0 Å². The van der Waals surface area contributed by atoms with Crippen molar-refractivity contribution in [1.29, 1.82) is 0 Å². The first-order chi connectivity index (χ1) is 13.0. The van der Waals surface area contributed by atoms with E-state index in [1.165, 1.54) is 5.56 Å². The molecule has 0 aliphatic rings. The molecule has 3 rings (SSSR count). The molecule has 0 spiro atoms. The van der Waals surface area contributed by atoms with Crippen LogP contribution < -0.4 is 10.9 Å². The molecule has 1 atom stereocenters. The first kappa shape index (κ1) is 18.8. The second-order valence-electron chi connectivity index (χ2n) is 6.95. The molecule has 2 aromatic carbocycles. The van der Waals surface area contributed by atoms with Gasteiger partial charge in [0.15, 0.2) is 0 Å². The largest absolute Gasteiger partial charge is 0.347 e. The monoisotopic (exact) mass is 364 g/mol. The van der Waals surface area contributed by atoms with Gasteiger partial charge in [0.2, 0.25) is 5.91 Å². The van der Waals surface area contributed by atoms with Crippen LogP contribution in [0.1, 0.15) is 37.9 Å². The molecule has 1 aromatic heterocycles. The van der Waals surface area contributed by atoms with Gasteiger partial charge < -0.3 is 5.32 Å². The lowest BCUT2D eigenvalue weighted by Crippen LogP contribution is -2.37. The van der Waals surface area contributed by atoms with Crippen molar-refractivity contribution in [2.75, 3.05) is 0 Å². The van der Waals surface area contributed by atoms with Gasteiger partial charge in [-0.15, -0.1) is 5.10 Å². The molecule has 0 aliphatic heterocycles. The first-order valence-electron chi connectivity index (χ1n) is 9.20. The number of benzene rings is 2. The van der Waals surface area contributed by atoms with Crippen LogP contribution in [0, 0.1) is 5.92 Å². The average molecular weight is 364 g/mol. The van der Waals surface area contributed by atoms with Crippen molar-refractivity contribution in [3.8, 4) is 0 Å². The molecule has 0 bridgehead atoms. The number of carbonyl (C=O) groups excluding carboxylic acids is 1. The number of fused-ring (bicyclic) bond motifs is 1. The third-order valence-electron chi connectivity index (χ3n) is 4.65. The number of aryl methyl sites for hydroxylation is 1. The number of hydrogen-bond acceptors (Lipinski definition) is 4. The predicted octanol–water partition coefficient (Wildman–Crippen LogP) is 2.87. The summed E-state index contributed by atoms with van der Waals surface area (Å²) in [6.07, 6.45) is 0.975. The highest BCUT2D eigenvalue weighted by Gasteiger charge is 2.19. The number of amides is 1. The predicted molar refractivity (Wildman–Crippen MR) is 105 cm³/mol. The Kier molecular flexibility index (Phi) is 5.64. The molecule has 0 saturated carbocycles. The zero-order valence-electron chi connectivity index (χ0n) is 15.8. The Morgan fingerprint density at radius 2 is 1.81 bits per heavy atom. The van der Waals surface area contributed by atoms with Crippen molar-refractivity contribution < 1.29 is 4.79 Å². The zero-order valence-corrected chi connectivity index (χ0v) is 15.8. The maximum atomic E-state index is 12.6. The quantitative estimate of drug-likeness (QED) is 0.730. The van der Waals surface area contributed by atoms with Gasteiger partial charge in [-0.3, -0.25) is 9.59 Å². The van der Waals surface area contributed by atoms with Crippen molar-refractivity contribution in [1.82, 2.24) is 20.3 Å². The third kappa shape index (κ3) is 4.22. The van der Waals surface area contributed by atoms with E-state index in [-0.39, 0.29) is 30.0 Å². The highest BCUT2D eigenvalue weighted by molar-refractivity contribution is 5.78. The van der Waals surface area contributed by atoms with Crippen LogP contribution in [-0.2, 0) is 17.8 Å². The number of rotatable bonds is 6. The van der Waals surface area contributed by atoms with E-state index in [1.807, 2.05) is 12.1 Å². The van der Waals surface area contributed by atoms with Gasteiger partial charge >= 0.3 is 0 Å². The minimum atomic E-state index is -0.316. The Balaban J connectivity index is 1.78. The van der Waals surface area contributed by atoms with Crippen LogP contribution in [0.25, 0.3) is 10.9 Å². The van der Waals surface area contributed by atoms with Crippen LogP contribution in [0.2, 0.25) is 0 Å². The first-order valence-corrected chi connectivity index (χ1v) is 9.20. The van der Waals surface area contributed by atoms with E-state index >= 15 is 0 Å². The van der Waals surface area contributed by atoms with Crippen LogP contribution >= 0.6 is 0 Å². The van der Waals surface area contributed by atoms with Crippen molar-refractivity contribution >= 4 is 16.8 Å². The standard InChI is InChI=1S/C21H24N4O2/c1-4-15-9-11-16(12-10-15)20(14(2)3)22-19(26)13-25-21(27)17-7-5-6-8-18(17)23-24-25/h5-12,14,20H,4,13H2,1-3H3,(H,22,26). The summed E-state index contributed by atoms with van der Waals surface area (Å²) in [7, 11) is 0. The summed E-state index contributed by atoms with van der Waals surface area (Å²) >= 11 is 0. The van der Waals surface area contributed by atoms with Crippen molar-refractivity contribution in [3.63, 3.8) is 0 Å². The summed E-state index contributed by atoms with van der Waals surface area (Å²) in [5.74, 6) is -0.0548. The fraction of sp³-hybridized carbons (Fsp3) is 0.333. The Labute approximate surface area is 158 Å². The summed E-state index contributed by atoms with van der Waals surface area (Å²) in [6, 6.07) is 15.1. The lowest BCUT2D eigenvalue weighted by molar-refractivity contribution is -0.123. The third-order valence-corrected chi connectivity index (χ3v) is 4.65. The molecule has 140 valence electrons. The summed E-state index contributed by atoms with van der Waals surface area (Å²) in [5, 5.41) is 11.4. The summed E-state index contributed by atoms with van der Waals surface area (Å²) in [6.45, 7) is 6.06. The van der Waals surface area contributed by atoms with Crippen LogP contribution in [0.15, 0.2) is 53.3 Å². The van der Waals surface area contributed by atoms with Gasteiger partial charge in [-0.2, -0.15) is 0 Å². The Bertz CT molecular complexity index is 993. The molecular weight excluding hydrogens is 340 g/mol. The molecule has 0 aliphatic carbocycles. The van der Waals surface area contributed by atoms with E-state index in [4.69, 9.17) is 0 Å².